The van der Waals surface area contributed by atoms with E-state index in [2.05, 4.69) is 84.3 Å². The van der Waals surface area contributed by atoms with Gasteiger partial charge in [-0.3, -0.25) is 38.9 Å². The fourth-order valence-electron chi connectivity index (χ4n) is 12.2. The number of esters is 1. The number of fused-ring (bicyclic) bond motifs is 8. The van der Waals surface area contributed by atoms with Crippen LogP contribution >= 0.6 is 0 Å². The number of rotatable bonds is 8. The van der Waals surface area contributed by atoms with Crippen LogP contribution < -0.4 is 10.7 Å². The van der Waals surface area contributed by atoms with Crippen LogP contribution in [0, 0.1) is 29.1 Å². The molecule has 388 valence electrons. The van der Waals surface area contributed by atoms with Gasteiger partial charge in [-0.15, -0.1) is 0 Å². The lowest BCUT2D eigenvalue weighted by Gasteiger charge is -2.42. The van der Waals surface area contributed by atoms with E-state index in [0.29, 0.717) is 65.0 Å². The molecular weight excluding hydrogens is 925 g/mol. The monoisotopic (exact) mass is 997 g/mol. The third-order valence-electron chi connectivity index (χ3n) is 16.2. The quantitative estimate of drug-likeness (QED) is 0.164. The van der Waals surface area contributed by atoms with E-state index in [9.17, 15) is 24.0 Å². The summed E-state index contributed by atoms with van der Waals surface area (Å²) in [6.45, 7) is 12.9. The van der Waals surface area contributed by atoms with Crippen LogP contribution in [0.4, 0.5) is 0 Å². The number of aromatic nitrogens is 2. The van der Waals surface area contributed by atoms with Gasteiger partial charge in [0.25, 0.3) is 11.8 Å². The molecule has 2 N–H and O–H groups in total. The van der Waals surface area contributed by atoms with Crippen LogP contribution in [0.15, 0.2) is 60.8 Å². The second-order valence-electron chi connectivity index (χ2n) is 21.8. The number of carbonyl (C=O) groups excluding carboxylic acids is 5. The van der Waals surface area contributed by atoms with Crippen molar-refractivity contribution < 1.29 is 38.2 Å². The van der Waals surface area contributed by atoms with Crippen molar-refractivity contribution in [3.05, 3.63) is 77.6 Å². The van der Waals surface area contributed by atoms with Crippen LogP contribution in [-0.4, -0.2) is 150 Å². The maximum absolute atomic E-state index is 14.9. The van der Waals surface area contributed by atoms with E-state index in [-0.39, 0.29) is 43.2 Å². The number of likely N-dealkylation sites (tertiary alicyclic amines) is 1. The fraction of sp³-hybridized carbons (Fsp3) is 0.544. The summed E-state index contributed by atoms with van der Waals surface area (Å²) in [4.78, 5) is 81.6. The number of pyridine rings is 1. The first-order chi connectivity index (χ1) is 35.0. The number of cyclic esters (lactones) is 1. The molecule has 4 aliphatic heterocycles. The Bertz CT molecular complexity index is 2840. The number of likely N-dealkylation sites (N-methyl/N-ethyl adjacent to an activating group) is 1. The number of amides is 4. The lowest BCUT2D eigenvalue weighted by atomic mass is 9.67. The number of ether oxygens (including phenoxy) is 3. The minimum Gasteiger partial charge on any atom is -0.464 e. The van der Waals surface area contributed by atoms with E-state index in [1.807, 2.05) is 51.0 Å². The van der Waals surface area contributed by atoms with Crippen molar-refractivity contribution in [1.29, 1.82) is 0 Å². The van der Waals surface area contributed by atoms with Crippen molar-refractivity contribution in [3.8, 4) is 34.2 Å². The number of carbonyl (C=O) groups is 5. The number of hydrazine groups is 1. The molecular formula is C57H72N8O8. The Morgan fingerprint density at radius 3 is 2.49 bits per heavy atom. The van der Waals surface area contributed by atoms with E-state index in [0.717, 1.165) is 50.1 Å². The minimum atomic E-state index is -1.07. The first-order valence-electron chi connectivity index (χ1n) is 26.1. The smallest absolute Gasteiger partial charge is 0.324 e. The number of nitrogens with zero attached hydrogens (tertiary/aromatic N) is 6. The maximum Gasteiger partial charge on any atom is 0.324 e. The van der Waals surface area contributed by atoms with E-state index in [4.69, 9.17) is 19.2 Å². The Morgan fingerprint density at radius 1 is 1.00 bits per heavy atom. The third kappa shape index (κ3) is 9.89. The second-order valence-corrected chi connectivity index (χ2v) is 21.8. The second kappa shape index (κ2) is 21.0. The number of benzene rings is 2. The molecule has 0 radical (unpaired) electrons. The Balaban J connectivity index is 1.02. The Labute approximate surface area is 429 Å². The normalized spacial score (nSPS) is 24.0. The summed E-state index contributed by atoms with van der Waals surface area (Å²) >= 11 is 0. The zero-order chi connectivity index (χ0) is 51.9. The molecule has 4 aromatic rings. The first-order valence-corrected chi connectivity index (χ1v) is 26.1. The van der Waals surface area contributed by atoms with Gasteiger partial charge >= 0.3 is 5.97 Å². The molecule has 4 amide bonds. The van der Waals surface area contributed by atoms with Crippen LogP contribution in [0.25, 0.3) is 33.3 Å². The van der Waals surface area contributed by atoms with Crippen molar-refractivity contribution in [2.45, 2.75) is 115 Å². The van der Waals surface area contributed by atoms with E-state index in [1.165, 1.54) is 9.91 Å². The summed E-state index contributed by atoms with van der Waals surface area (Å²) in [6, 6.07) is 15.8. The molecule has 3 fully saturated rings. The standard InChI is InChI=1S/C57H72N8O8/c1-10-64-44-19-18-38-32-41(44)46-47(51(71-9)48-40(50(46)64)16-12-25-58-48)56(4,5)34-73-55(70)42-17-13-26-65(60-42)54(69)43(31-36-14-11-15-37(38)30-36)59-52(67)49(35(2)3)62(8)53(68)39-21-27-63(33-39)45(66)20-22-57(61(6)7)23-28-72-29-24-57/h11-12,14-16,18-19,25,30,32,35,39,42-43,47,49,51,60H,10,13,17,21,23-24,26-29,31,33-34H2,1-9H3,(H,59,67)/t39-,42-,43-,47?,49-,51-/m0/s1. The van der Waals surface area contributed by atoms with Gasteiger partial charge in [0, 0.05) is 107 Å². The van der Waals surface area contributed by atoms with Gasteiger partial charge in [0.15, 0.2) is 0 Å². The van der Waals surface area contributed by atoms with Crippen LogP contribution in [0.2, 0.25) is 0 Å². The summed E-state index contributed by atoms with van der Waals surface area (Å²) < 4.78 is 20.6. The molecule has 5 aliphatic rings. The van der Waals surface area contributed by atoms with Gasteiger partial charge in [-0.25, -0.2) is 5.43 Å². The summed E-state index contributed by atoms with van der Waals surface area (Å²) in [6.07, 6.45) is 4.32. The van der Waals surface area contributed by atoms with E-state index >= 15 is 0 Å². The largest absolute Gasteiger partial charge is 0.464 e. The zero-order valence-electron chi connectivity index (χ0n) is 44.0. The maximum atomic E-state index is 14.9. The zero-order valence-corrected chi connectivity index (χ0v) is 44.0. The van der Waals surface area contributed by atoms with Crippen molar-refractivity contribution >= 4 is 40.5 Å². The van der Waals surface area contributed by atoms with Crippen LogP contribution in [0.1, 0.15) is 95.6 Å². The van der Waals surface area contributed by atoms with Crippen molar-refractivity contribution in [2.75, 3.05) is 67.7 Å². The van der Waals surface area contributed by atoms with Gasteiger partial charge in [-0.1, -0.05) is 63.9 Å². The summed E-state index contributed by atoms with van der Waals surface area (Å²) in [7, 11) is 7.26. The molecule has 73 heavy (non-hydrogen) atoms. The molecule has 0 saturated carbocycles. The SMILES string of the molecule is CCn1c2c3c4cc(ccc41)-c1cccc(c1)C[C@H](NC(=O)[C@H](C(C)C)N(C)C(=O)[C@H]1CCN(C(=O)C#CC4(N(C)C)CCOCC4)C1)C(=O)N1CCC[C@H](N1)C(=O)OCC(C)(C)C3[C@H](OC)c1ncccc1-2. The summed E-state index contributed by atoms with van der Waals surface area (Å²) in [5, 5.41) is 5.60. The Kier molecular flexibility index (Phi) is 14.9. The van der Waals surface area contributed by atoms with Gasteiger partial charge < -0.3 is 33.9 Å². The molecule has 2 aromatic heterocycles. The van der Waals surface area contributed by atoms with Gasteiger partial charge in [0.05, 0.1) is 29.5 Å². The average Bonchev–Trinajstić information content (AvgIpc) is 4.02. The highest BCUT2D eigenvalue weighted by atomic mass is 16.5. The third-order valence-corrected chi connectivity index (χ3v) is 16.2. The summed E-state index contributed by atoms with van der Waals surface area (Å²) in [5.41, 5.74) is 9.95. The molecule has 16 heteroatoms. The lowest BCUT2D eigenvalue weighted by Crippen LogP contribution is -2.62. The van der Waals surface area contributed by atoms with Crippen LogP contribution in [-0.2, 0) is 51.1 Å². The number of aryl methyl sites for hydroxylation is 1. The average molecular weight is 997 g/mol. The van der Waals surface area contributed by atoms with Crippen LogP contribution in [0.3, 0.4) is 0 Å². The van der Waals surface area contributed by atoms with Crippen molar-refractivity contribution in [3.63, 3.8) is 0 Å². The minimum absolute atomic E-state index is 0.0724. The molecule has 1 unspecified atom stereocenters. The van der Waals surface area contributed by atoms with Crippen molar-refractivity contribution in [1.82, 2.24) is 40.0 Å². The highest BCUT2D eigenvalue weighted by molar-refractivity contribution is 5.98. The number of nitrogens with one attached hydrogen (secondary N) is 2. The molecule has 3 saturated heterocycles. The Hall–Kier alpha value is -6.12. The van der Waals surface area contributed by atoms with E-state index < -0.39 is 58.9 Å². The molecule has 6 bridgehead atoms. The highest BCUT2D eigenvalue weighted by Gasteiger charge is 2.48. The Morgan fingerprint density at radius 2 is 1.77 bits per heavy atom. The molecule has 6 atom stereocenters. The molecule has 1 aliphatic carbocycles. The van der Waals surface area contributed by atoms with Gasteiger partial charge in [-0.2, -0.15) is 0 Å². The van der Waals surface area contributed by atoms with Gasteiger partial charge in [0.1, 0.15) is 24.2 Å². The van der Waals surface area contributed by atoms with E-state index in [1.54, 1.807) is 25.3 Å². The van der Waals surface area contributed by atoms with Crippen molar-refractivity contribution in [2.24, 2.45) is 17.3 Å². The first kappa shape index (κ1) is 51.8. The topological polar surface area (TPSA) is 168 Å². The highest BCUT2D eigenvalue weighted by Crippen LogP contribution is 2.57. The summed E-state index contributed by atoms with van der Waals surface area (Å²) in [5.74, 6) is 3.07. The molecule has 9 rings (SSSR count). The number of hydrogen-bond donors (Lipinski definition) is 2. The molecule has 16 nitrogen and oxygen atoms in total. The lowest BCUT2D eigenvalue weighted by molar-refractivity contribution is -0.156. The molecule has 2 aromatic carbocycles. The molecule has 6 heterocycles. The number of methoxy groups -OCH3 is 1. The van der Waals surface area contributed by atoms with Gasteiger partial charge in [-0.05, 0) is 98.6 Å². The molecule has 0 spiro atoms. The van der Waals surface area contributed by atoms with Gasteiger partial charge in [0.2, 0.25) is 11.8 Å². The predicted molar refractivity (Wildman–Crippen MR) is 277 cm³/mol. The predicted octanol–water partition coefficient (Wildman–Crippen LogP) is 5.73. The van der Waals surface area contributed by atoms with Crippen LogP contribution in [0.5, 0.6) is 0 Å². The fourth-order valence-corrected chi connectivity index (χ4v) is 12.2. The number of hydrogen-bond acceptors (Lipinski definition) is 11.